The summed E-state index contributed by atoms with van der Waals surface area (Å²) in [6, 6.07) is 6.35. The molecule has 2 fully saturated rings. The molecular formula is C43H39Cl2N17S2. The fourth-order valence-electron chi connectivity index (χ4n) is 8.23. The van der Waals surface area contributed by atoms with E-state index in [4.69, 9.17) is 48.9 Å². The molecule has 0 aromatic carbocycles. The van der Waals surface area contributed by atoms with Crippen LogP contribution in [0.25, 0.3) is 44.4 Å². The number of rotatable bonds is 12. The monoisotopic (exact) mass is 927 g/mol. The predicted molar refractivity (Wildman–Crippen MR) is 249 cm³/mol. The molecular weight excluding hydrogens is 890 g/mol. The molecule has 11 heterocycles. The second-order valence-electron chi connectivity index (χ2n) is 15.9. The van der Waals surface area contributed by atoms with Gasteiger partial charge in [-0.3, -0.25) is 15.0 Å². The number of nitrogens with two attached hydrogens (primary N) is 1. The van der Waals surface area contributed by atoms with Crippen molar-refractivity contribution in [3.63, 3.8) is 0 Å². The van der Waals surface area contributed by atoms with Crippen molar-refractivity contribution >= 4 is 103 Å². The Labute approximate surface area is 384 Å². The Balaban J connectivity index is 0.806. The van der Waals surface area contributed by atoms with E-state index in [1.54, 1.807) is 37.2 Å². The van der Waals surface area contributed by atoms with E-state index < -0.39 is 0 Å². The number of nitrogens with one attached hydrogen (secondary N) is 3. The number of aryl methyl sites for hydroxylation is 1. The number of hydrogen-bond acceptors (Lipinski definition) is 17. The van der Waals surface area contributed by atoms with Gasteiger partial charge >= 0.3 is 0 Å². The summed E-state index contributed by atoms with van der Waals surface area (Å²) in [6.07, 6.45) is 15.5. The molecule has 9 aromatic rings. The van der Waals surface area contributed by atoms with Crippen LogP contribution in [-0.2, 0) is 13.0 Å². The summed E-state index contributed by atoms with van der Waals surface area (Å²) in [5, 5.41) is 7.75. The van der Waals surface area contributed by atoms with Crippen molar-refractivity contribution < 1.29 is 0 Å². The molecule has 64 heavy (non-hydrogen) atoms. The molecule has 5 N–H and O–H groups in total. The van der Waals surface area contributed by atoms with Gasteiger partial charge in [-0.05, 0) is 59.6 Å². The van der Waals surface area contributed by atoms with Gasteiger partial charge in [0.2, 0.25) is 0 Å². The Morgan fingerprint density at radius 1 is 0.750 bits per heavy atom. The lowest BCUT2D eigenvalue weighted by molar-refractivity contribution is 0.416. The van der Waals surface area contributed by atoms with Crippen molar-refractivity contribution in [2.75, 3.05) is 36.0 Å². The van der Waals surface area contributed by atoms with Gasteiger partial charge in [0.15, 0.2) is 21.6 Å². The van der Waals surface area contributed by atoms with E-state index >= 15 is 0 Å². The van der Waals surface area contributed by atoms with Crippen LogP contribution in [0.4, 0.5) is 11.6 Å². The third-order valence-electron chi connectivity index (χ3n) is 11.6. The van der Waals surface area contributed by atoms with Gasteiger partial charge in [0.1, 0.15) is 34.0 Å². The Bertz CT molecular complexity index is 3230. The van der Waals surface area contributed by atoms with Crippen molar-refractivity contribution in [1.29, 1.82) is 0 Å². The van der Waals surface area contributed by atoms with Crippen LogP contribution in [-0.4, -0.2) is 103 Å². The summed E-state index contributed by atoms with van der Waals surface area (Å²) in [6.45, 7) is 7.78. The van der Waals surface area contributed by atoms with E-state index in [1.165, 1.54) is 23.5 Å². The van der Waals surface area contributed by atoms with Crippen LogP contribution in [0.5, 0.6) is 0 Å². The van der Waals surface area contributed by atoms with Crippen LogP contribution in [0.3, 0.4) is 0 Å². The van der Waals surface area contributed by atoms with Gasteiger partial charge in [-0.15, -0.1) is 0 Å². The first-order chi connectivity index (χ1) is 31.2. The maximum atomic E-state index is 7.29. The average Bonchev–Trinajstić information content (AvgIpc) is 3.99. The molecule has 0 bridgehead atoms. The van der Waals surface area contributed by atoms with E-state index in [0.717, 1.165) is 87.2 Å². The zero-order valence-corrected chi connectivity index (χ0v) is 37.6. The molecule has 0 saturated carbocycles. The number of nitrogens with zero attached hydrogens (tertiary/aromatic N) is 13. The summed E-state index contributed by atoms with van der Waals surface area (Å²) < 4.78 is 0. The lowest BCUT2D eigenvalue weighted by atomic mass is 9.98. The van der Waals surface area contributed by atoms with Gasteiger partial charge < -0.3 is 30.8 Å². The number of fused-ring (bicyclic) bond motifs is 4. The first kappa shape index (κ1) is 40.9. The number of anilines is 2. The van der Waals surface area contributed by atoms with Gasteiger partial charge in [0, 0.05) is 121 Å². The molecule has 2 unspecified atom stereocenters. The molecule has 17 nitrogen and oxygen atoms in total. The van der Waals surface area contributed by atoms with E-state index in [-0.39, 0.29) is 18.0 Å². The van der Waals surface area contributed by atoms with Crippen LogP contribution >= 0.6 is 46.7 Å². The van der Waals surface area contributed by atoms with Gasteiger partial charge in [0.05, 0.1) is 20.8 Å². The van der Waals surface area contributed by atoms with Gasteiger partial charge in [-0.2, -0.15) is 0 Å². The Morgan fingerprint density at radius 3 is 2.02 bits per heavy atom. The number of H-pyrrole nitrogens is 2. The minimum Gasteiger partial charge on any atom is -0.354 e. The smallest absolute Gasteiger partial charge is 0.196 e. The summed E-state index contributed by atoms with van der Waals surface area (Å²) in [5.41, 5.74) is 14.2. The maximum Gasteiger partial charge on any atom is 0.196 e. The number of pyridine rings is 3. The second-order valence-corrected chi connectivity index (χ2v) is 18.7. The SMILES string of the molecule is CCc1[nH]c2nc(Sc3cnc4nccnc4c3)nc(N3CC(NCc4cncc(C(C)c5[nH]c6nc(Sc7cnc8nccnc8c7)nc(N7CCC(N)C7)c6c5Cl)c4)C3)c2c1Cl. The zero-order valence-electron chi connectivity index (χ0n) is 34.5. The Morgan fingerprint density at radius 2 is 1.38 bits per heavy atom. The first-order valence-corrected chi connectivity index (χ1v) is 23.2. The van der Waals surface area contributed by atoms with E-state index in [9.17, 15) is 0 Å². The maximum absolute atomic E-state index is 7.29. The molecule has 11 rings (SSSR count). The minimum absolute atomic E-state index is 0.0498. The van der Waals surface area contributed by atoms with Crippen molar-refractivity contribution in [2.24, 2.45) is 5.73 Å². The zero-order chi connectivity index (χ0) is 43.5. The van der Waals surface area contributed by atoms with Crippen molar-refractivity contribution in [2.45, 2.75) is 71.3 Å². The summed E-state index contributed by atoms with van der Waals surface area (Å²) >= 11 is 17.1. The van der Waals surface area contributed by atoms with E-state index in [1.807, 2.05) is 24.5 Å². The molecule has 0 aliphatic carbocycles. The third kappa shape index (κ3) is 7.79. The standard InChI is InChI=1S/C43H39Cl2N17S2/c1-3-28-33(44)31-38(55-28)57-42(63-26-11-29-36(53-16-26)50-7-5-48-29)60-41(31)62-19-25(20-62)52-14-22-10-23(15-47-13-22)21(2)35-34(45)32-39(56-35)58-43(59-40(32)61-9-4-24(46)18-61)64-27-12-30-37(54-17-27)51-8-6-49-30/h5-8,10-13,15-17,21,24-25,52H,3-4,9,14,18-20,46H2,1-2H3,(H,55,57,60)(H,56,58,59). The number of aromatic nitrogens is 13. The van der Waals surface area contributed by atoms with Crippen LogP contribution in [0.2, 0.25) is 10.0 Å². The molecule has 2 aliphatic heterocycles. The third-order valence-corrected chi connectivity index (χ3v) is 14.1. The highest BCUT2D eigenvalue weighted by atomic mass is 35.5. The van der Waals surface area contributed by atoms with Crippen LogP contribution in [0.1, 0.15) is 48.7 Å². The molecule has 2 atom stereocenters. The number of aromatic amines is 2. The minimum atomic E-state index is -0.119. The van der Waals surface area contributed by atoms with Crippen molar-refractivity contribution in [1.82, 2.24) is 70.1 Å². The van der Waals surface area contributed by atoms with Crippen LogP contribution in [0.15, 0.2) is 87.9 Å². The van der Waals surface area contributed by atoms with Crippen molar-refractivity contribution in [3.8, 4) is 0 Å². The first-order valence-electron chi connectivity index (χ1n) is 20.8. The lowest BCUT2D eigenvalue weighted by Gasteiger charge is -2.41. The molecule has 9 aromatic heterocycles. The normalized spacial score (nSPS) is 16.2. The van der Waals surface area contributed by atoms with Gasteiger partial charge in [-0.25, -0.2) is 39.9 Å². The fourth-order valence-corrected chi connectivity index (χ4v) is 10.5. The summed E-state index contributed by atoms with van der Waals surface area (Å²) in [5.74, 6) is 1.45. The molecule has 2 saturated heterocycles. The number of hydrogen-bond donors (Lipinski definition) is 4. The fraction of sp³-hybridized carbons (Fsp3) is 0.279. The lowest BCUT2D eigenvalue weighted by Crippen LogP contribution is -2.58. The van der Waals surface area contributed by atoms with E-state index in [0.29, 0.717) is 67.1 Å². The highest BCUT2D eigenvalue weighted by molar-refractivity contribution is 7.99. The molecule has 2 aliphatic rings. The molecule has 21 heteroatoms. The van der Waals surface area contributed by atoms with Crippen molar-refractivity contribution in [3.05, 3.63) is 100 Å². The molecule has 0 spiro atoms. The highest BCUT2D eigenvalue weighted by Gasteiger charge is 2.32. The van der Waals surface area contributed by atoms with Gasteiger partial charge in [0.25, 0.3) is 0 Å². The molecule has 0 radical (unpaired) electrons. The van der Waals surface area contributed by atoms with Crippen LogP contribution < -0.4 is 20.9 Å². The van der Waals surface area contributed by atoms with Crippen LogP contribution in [0, 0.1) is 0 Å². The average molecular weight is 929 g/mol. The molecule has 0 amide bonds. The number of halogens is 2. The Kier molecular flexibility index (Phi) is 10.8. The summed E-state index contributed by atoms with van der Waals surface area (Å²) in [4.78, 5) is 64.1. The Hall–Kier alpha value is -5.83. The quantitative estimate of drug-likeness (QED) is 0.0895. The molecule has 322 valence electrons. The second kappa shape index (κ2) is 16.9. The van der Waals surface area contributed by atoms with E-state index in [2.05, 4.69) is 79.9 Å². The largest absolute Gasteiger partial charge is 0.354 e. The highest BCUT2D eigenvalue weighted by Crippen LogP contribution is 2.42. The summed E-state index contributed by atoms with van der Waals surface area (Å²) in [7, 11) is 0. The predicted octanol–water partition coefficient (Wildman–Crippen LogP) is 7.14. The van der Waals surface area contributed by atoms with Gasteiger partial charge in [-0.1, -0.05) is 43.1 Å². The topological polar surface area (TPSA) is 218 Å².